The minimum atomic E-state index is -0.465. The second-order valence-electron chi connectivity index (χ2n) is 7.44. The van der Waals surface area contributed by atoms with Gasteiger partial charge in [0.05, 0.1) is 11.6 Å². The summed E-state index contributed by atoms with van der Waals surface area (Å²) >= 11 is 3.53. The Labute approximate surface area is 202 Å². The van der Waals surface area contributed by atoms with Crippen molar-refractivity contribution in [1.29, 1.82) is 5.26 Å². The van der Waals surface area contributed by atoms with Crippen LogP contribution in [0.5, 0.6) is 11.5 Å². The van der Waals surface area contributed by atoms with Crippen LogP contribution < -0.4 is 14.8 Å². The lowest BCUT2D eigenvalue weighted by atomic mass is 10.1. The molecular weight excluding hydrogens is 480 g/mol. The third-order valence-corrected chi connectivity index (χ3v) is 5.67. The molecule has 0 saturated heterocycles. The molecule has 0 heterocycles. The van der Waals surface area contributed by atoms with E-state index in [-0.39, 0.29) is 5.57 Å². The van der Waals surface area contributed by atoms with Crippen molar-refractivity contribution in [2.75, 3.05) is 12.4 Å². The van der Waals surface area contributed by atoms with Crippen LogP contribution in [0.25, 0.3) is 6.08 Å². The molecule has 3 aromatic carbocycles. The number of anilines is 1. The van der Waals surface area contributed by atoms with Gasteiger partial charge in [-0.2, -0.15) is 5.26 Å². The molecule has 3 aromatic rings. The number of amides is 1. The summed E-state index contributed by atoms with van der Waals surface area (Å²) in [6.07, 6.45) is 2.30. The zero-order valence-electron chi connectivity index (χ0n) is 18.8. The van der Waals surface area contributed by atoms with Crippen LogP contribution in [-0.2, 0) is 17.8 Å². The molecule has 0 aliphatic carbocycles. The van der Waals surface area contributed by atoms with E-state index >= 15 is 0 Å². The van der Waals surface area contributed by atoms with E-state index in [0.717, 1.165) is 17.5 Å². The van der Waals surface area contributed by atoms with E-state index in [1.54, 1.807) is 19.2 Å². The molecule has 1 N–H and O–H groups in total. The molecule has 168 valence electrons. The maximum atomic E-state index is 12.7. The number of nitrogens with zero attached hydrogens (tertiary/aromatic N) is 1. The Morgan fingerprint density at radius 1 is 1.15 bits per heavy atom. The highest BCUT2D eigenvalue weighted by atomic mass is 79.9. The zero-order chi connectivity index (χ0) is 23.8. The van der Waals surface area contributed by atoms with Gasteiger partial charge in [-0.25, -0.2) is 0 Å². The van der Waals surface area contributed by atoms with Crippen LogP contribution in [0, 0.1) is 18.3 Å². The van der Waals surface area contributed by atoms with Gasteiger partial charge in [-0.15, -0.1) is 0 Å². The molecule has 0 aliphatic heterocycles. The van der Waals surface area contributed by atoms with E-state index in [9.17, 15) is 10.1 Å². The fraction of sp³-hybridized carbons (Fsp3) is 0.185. The van der Waals surface area contributed by atoms with E-state index < -0.39 is 5.91 Å². The Morgan fingerprint density at radius 2 is 1.88 bits per heavy atom. The van der Waals surface area contributed by atoms with Crippen molar-refractivity contribution in [2.45, 2.75) is 26.9 Å². The van der Waals surface area contributed by atoms with Crippen LogP contribution in [0.1, 0.15) is 29.2 Å². The van der Waals surface area contributed by atoms with Gasteiger partial charge in [0.2, 0.25) is 0 Å². The fourth-order valence-electron chi connectivity index (χ4n) is 3.26. The number of para-hydroxylation sites is 1. The third-order valence-electron chi connectivity index (χ3n) is 5.08. The molecule has 33 heavy (non-hydrogen) atoms. The van der Waals surface area contributed by atoms with Gasteiger partial charge in [-0.1, -0.05) is 55.0 Å². The van der Waals surface area contributed by atoms with Crippen LogP contribution in [0.15, 0.2) is 70.7 Å². The lowest BCUT2D eigenvalue weighted by Gasteiger charge is -2.14. The monoisotopic (exact) mass is 504 g/mol. The third kappa shape index (κ3) is 6.24. The van der Waals surface area contributed by atoms with E-state index in [1.165, 1.54) is 11.6 Å². The van der Waals surface area contributed by atoms with Gasteiger partial charge < -0.3 is 14.8 Å². The normalized spacial score (nSPS) is 10.9. The van der Waals surface area contributed by atoms with Gasteiger partial charge in [0.25, 0.3) is 5.91 Å². The Balaban J connectivity index is 1.82. The second kappa shape index (κ2) is 11.3. The number of rotatable bonds is 8. The SMILES string of the molecule is CCc1ccccc1NC(=O)/C(C#N)=C/c1cc(Br)c(OCc2ccc(C)cc2)c(OC)c1. The molecule has 0 bridgehead atoms. The Kier molecular flexibility index (Phi) is 8.28. The first-order valence-corrected chi connectivity index (χ1v) is 11.3. The molecule has 0 spiro atoms. The maximum absolute atomic E-state index is 12.7. The number of methoxy groups -OCH3 is 1. The minimum Gasteiger partial charge on any atom is -0.493 e. The van der Waals surface area contributed by atoms with Crippen molar-refractivity contribution < 1.29 is 14.3 Å². The minimum absolute atomic E-state index is 0.0109. The lowest BCUT2D eigenvalue weighted by molar-refractivity contribution is -0.112. The molecule has 1 amide bonds. The molecule has 0 fully saturated rings. The first kappa shape index (κ1) is 24.1. The number of benzene rings is 3. The predicted octanol–water partition coefficient (Wildman–Crippen LogP) is 6.45. The number of halogens is 1. The summed E-state index contributed by atoms with van der Waals surface area (Å²) in [5.74, 6) is 0.583. The van der Waals surface area contributed by atoms with Crippen LogP contribution in [0.3, 0.4) is 0 Å². The van der Waals surface area contributed by atoms with E-state index in [4.69, 9.17) is 9.47 Å². The smallest absolute Gasteiger partial charge is 0.266 e. The zero-order valence-corrected chi connectivity index (χ0v) is 20.4. The van der Waals surface area contributed by atoms with Gasteiger partial charge in [0.15, 0.2) is 11.5 Å². The Morgan fingerprint density at radius 3 is 2.55 bits per heavy atom. The average Bonchev–Trinajstić information content (AvgIpc) is 2.82. The summed E-state index contributed by atoms with van der Waals surface area (Å²) in [6, 6.07) is 21.2. The second-order valence-corrected chi connectivity index (χ2v) is 8.30. The van der Waals surface area contributed by atoms with Crippen molar-refractivity contribution >= 4 is 33.6 Å². The molecule has 0 saturated carbocycles. The predicted molar refractivity (Wildman–Crippen MR) is 134 cm³/mol. The summed E-state index contributed by atoms with van der Waals surface area (Å²) < 4.78 is 12.2. The highest BCUT2D eigenvalue weighted by Gasteiger charge is 2.15. The van der Waals surface area contributed by atoms with Crippen LogP contribution >= 0.6 is 15.9 Å². The standard InChI is InChI=1S/C27H25BrN2O3/c1-4-21-7-5-6-8-24(21)30-27(31)22(16-29)13-20-14-23(28)26(25(15-20)32-3)33-17-19-11-9-18(2)10-12-19/h5-15H,4,17H2,1-3H3,(H,30,31)/b22-13+. The van der Waals surface area contributed by atoms with Crippen molar-refractivity contribution in [3.8, 4) is 17.6 Å². The van der Waals surface area contributed by atoms with Crippen molar-refractivity contribution in [3.63, 3.8) is 0 Å². The first-order chi connectivity index (χ1) is 15.9. The lowest BCUT2D eigenvalue weighted by Crippen LogP contribution is -2.14. The number of carbonyl (C=O) groups excluding carboxylic acids is 1. The van der Waals surface area contributed by atoms with Gasteiger partial charge in [0, 0.05) is 5.69 Å². The largest absolute Gasteiger partial charge is 0.493 e. The summed E-state index contributed by atoms with van der Waals surface area (Å²) in [4.78, 5) is 12.7. The highest BCUT2D eigenvalue weighted by molar-refractivity contribution is 9.10. The van der Waals surface area contributed by atoms with Crippen LogP contribution in [-0.4, -0.2) is 13.0 Å². The molecule has 5 nitrogen and oxygen atoms in total. The van der Waals surface area contributed by atoms with Gasteiger partial charge in [-0.05, 0) is 70.2 Å². The molecule has 0 radical (unpaired) electrons. The van der Waals surface area contributed by atoms with E-state index in [0.29, 0.717) is 33.8 Å². The summed E-state index contributed by atoms with van der Waals surface area (Å²) in [5.41, 5.74) is 4.55. The number of hydrogen-bond acceptors (Lipinski definition) is 4. The quantitative estimate of drug-likeness (QED) is 0.282. The molecule has 0 aromatic heterocycles. The molecule has 0 atom stereocenters. The van der Waals surface area contributed by atoms with Crippen LogP contribution in [0.4, 0.5) is 5.69 Å². The van der Waals surface area contributed by atoms with E-state index in [2.05, 4.69) is 21.2 Å². The van der Waals surface area contributed by atoms with Gasteiger partial charge in [-0.3, -0.25) is 4.79 Å². The summed E-state index contributed by atoms with van der Waals surface area (Å²) in [5, 5.41) is 12.4. The van der Waals surface area contributed by atoms with Crippen molar-refractivity contribution in [1.82, 2.24) is 0 Å². The molecular formula is C27H25BrN2O3. The van der Waals surface area contributed by atoms with Crippen molar-refractivity contribution in [2.24, 2.45) is 0 Å². The first-order valence-electron chi connectivity index (χ1n) is 10.5. The topological polar surface area (TPSA) is 71.4 Å². The number of carbonyl (C=O) groups is 1. The highest BCUT2D eigenvalue weighted by Crippen LogP contribution is 2.38. The van der Waals surface area contributed by atoms with Gasteiger partial charge in [0.1, 0.15) is 18.2 Å². The van der Waals surface area contributed by atoms with Crippen molar-refractivity contribution in [3.05, 3.63) is 93.0 Å². The van der Waals surface area contributed by atoms with Gasteiger partial charge >= 0.3 is 0 Å². The molecule has 3 rings (SSSR count). The molecule has 0 unspecified atom stereocenters. The number of ether oxygens (including phenoxy) is 2. The number of nitriles is 1. The molecule has 0 aliphatic rings. The Bertz CT molecular complexity index is 1210. The van der Waals surface area contributed by atoms with E-state index in [1.807, 2.05) is 68.4 Å². The Hall–Kier alpha value is -3.56. The summed E-state index contributed by atoms with van der Waals surface area (Å²) in [7, 11) is 1.55. The number of aryl methyl sites for hydroxylation is 2. The maximum Gasteiger partial charge on any atom is 0.266 e. The number of nitrogens with one attached hydrogen (secondary N) is 1. The fourth-order valence-corrected chi connectivity index (χ4v) is 3.83. The molecule has 6 heteroatoms. The number of hydrogen-bond donors (Lipinski definition) is 1. The average molecular weight is 505 g/mol. The summed E-state index contributed by atoms with van der Waals surface area (Å²) in [6.45, 7) is 4.43. The van der Waals surface area contributed by atoms with Crippen LogP contribution in [0.2, 0.25) is 0 Å².